The molecule has 0 fully saturated rings. The predicted molar refractivity (Wildman–Crippen MR) is 81.9 cm³/mol. The van der Waals surface area contributed by atoms with E-state index in [4.69, 9.17) is 4.42 Å². The van der Waals surface area contributed by atoms with Gasteiger partial charge in [0.2, 0.25) is 0 Å². The Morgan fingerprint density at radius 1 is 1.33 bits per heavy atom. The highest BCUT2D eigenvalue weighted by Gasteiger charge is 2.11. The molecule has 0 bridgehead atoms. The number of sulfone groups is 1. The average Bonchev–Trinajstić information content (AvgIpc) is 2.86. The van der Waals surface area contributed by atoms with E-state index in [-0.39, 0.29) is 4.90 Å². The van der Waals surface area contributed by atoms with Crippen molar-refractivity contribution in [3.8, 4) is 11.3 Å². The first-order chi connectivity index (χ1) is 9.86. The number of oxazole rings is 1. The van der Waals surface area contributed by atoms with E-state index >= 15 is 0 Å². The summed E-state index contributed by atoms with van der Waals surface area (Å²) in [7, 11) is -3.22. The van der Waals surface area contributed by atoms with Gasteiger partial charge in [0.05, 0.1) is 11.1 Å². The maximum absolute atomic E-state index is 11.6. The first-order valence-corrected chi connectivity index (χ1v) is 8.74. The largest absolute Gasteiger partial charge is 0.441 e. The second kappa shape index (κ2) is 6.41. The lowest BCUT2D eigenvalue weighted by molar-refractivity contribution is 0.484. The van der Waals surface area contributed by atoms with Gasteiger partial charge in [-0.2, -0.15) is 0 Å². The lowest BCUT2D eigenvalue weighted by atomic mass is 10.2. The Kier molecular flexibility index (Phi) is 4.80. The summed E-state index contributed by atoms with van der Waals surface area (Å²) in [4.78, 5) is 4.50. The summed E-state index contributed by atoms with van der Waals surface area (Å²) in [6.45, 7) is 4.95. The van der Waals surface area contributed by atoms with Gasteiger partial charge in [0.1, 0.15) is 0 Å². The number of benzene rings is 1. The van der Waals surface area contributed by atoms with Gasteiger partial charge >= 0.3 is 0 Å². The van der Waals surface area contributed by atoms with Crippen molar-refractivity contribution < 1.29 is 12.8 Å². The summed E-state index contributed by atoms with van der Waals surface area (Å²) in [5, 5.41) is 3.29. The maximum atomic E-state index is 11.6. The Morgan fingerprint density at radius 2 is 2.10 bits per heavy atom. The molecule has 1 N–H and O–H groups in total. The molecular weight excluding hydrogens is 288 g/mol. The molecule has 5 nitrogen and oxygen atoms in total. The van der Waals surface area contributed by atoms with Gasteiger partial charge in [-0.25, -0.2) is 13.4 Å². The number of hydrogen-bond acceptors (Lipinski definition) is 5. The van der Waals surface area contributed by atoms with Crippen LogP contribution in [-0.4, -0.2) is 32.2 Å². The van der Waals surface area contributed by atoms with Gasteiger partial charge in [-0.05, 0) is 12.1 Å². The normalized spacial score (nSPS) is 12.0. The molecule has 114 valence electrons. The molecule has 2 aromatic rings. The fourth-order valence-corrected chi connectivity index (χ4v) is 2.57. The standard InChI is InChI=1S/C15H20N2O3S/c1-11(2)16-8-7-15-17-10-14(20-15)12-5-4-6-13(9-12)21(3,18)19/h4-6,9-11,16H,7-8H2,1-3H3. The Labute approximate surface area is 125 Å². The third-order valence-corrected chi connectivity index (χ3v) is 4.10. The van der Waals surface area contributed by atoms with E-state index < -0.39 is 9.84 Å². The van der Waals surface area contributed by atoms with Crippen molar-refractivity contribution >= 4 is 9.84 Å². The molecule has 1 heterocycles. The average molecular weight is 308 g/mol. The van der Waals surface area contributed by atoms with Crippen LogP contribution < -0.4 is 5.32 Å². The zero-order chi connectivity index (χ0) is 15.5. The quantitative estimate of drug-likeness (QED) is 0.886. The first kappa shape index (κ1) is 15.7. The minimum absolute atomic E-state index is 0.277. The monoisotopic (exact) mass is 308 g/mol. The Balaban J connectivity index is 2.14. The van der Waals surface area contributed by atoms with Crippen molar-refractivity contribution in [2.75, 3.05) is 12.8 Å². The summed E-state index contributed by atoms with van der Waals surface area (Å²) in [5.41, 5.74) is 0.716. The minimum Gasteiger partial charge on any atom is -0.441 e. The van der Waals surface area contributed by atoms with Crippen molar-refractivity contribution in [3.05, 3.63) is 36.4 Å². The van der Waals surface area contributed by atoms with Crippen LogP contribution in [0.1, 0.15) is 19.7 Å². The molecule has 0 radical (unpaired) electrons. The fourth-order valence-electron chi connectivity index (χ4n) is 1.91. The van der Waals surface area contributed by atoms with Crippen molar-refractivity contribution in [3.63, 3.8) is 0 Å². The van der Waals surface area contributed by atoms with Gasteiger partial charge in [-0.1, -0.05) is 26.0 Å². The molecule has 21 heavy (non-hydrogen) atoms. The second-order valence-corrected chi connectivity index (χ2v) is 7.29. The third-order valence-electron chi connectivity index (χ3n) is 2.99. The van der Waals surface area contributed by atoms with Gasteiger partial charge in [0, 0.05) is 30.8 Å². The van der Waals surface area contributed by atoms with E-state index in [1.807, 2.05) is 6.07 Å². The number of nitrogens with zero attached hydrogens (tertiary/aromatic N) is 1. The summed E-state index contributed by atoms with van der Waals surface area (Å²) in [5.74, 6) is 1.22. The summed E-state index contributed by atoms with van der Waals surface area (Å²) in [6.07, 6.45) is 3.52. The molecule has 6 heteroatoms. The highest BCUT2D eigenvalue weighted by atomic mass is 32.2. The van der Waals surface area contributed by atoms with Gasteiger partial charge in [0.15, 0.2) is 21.5 Å². The molecule has 0 amide bonds. The van der Waals surface area contributed by atoms with Crippen LogP contribution >= 0.6 is 0 Å². The van der Waals surface area contributed by atoms with Gasteiger partial charge < -0.3 is 9.73 Å². The van der Waals surface area contributed by atoms with Crippen molar-refractivity contribution in [1.82, 2.24) is 10.3 Å². The van der Waals surface area contributed by atoms with E-state index in [0.29, 0.717) is 29.7 Å². The van der Waals surface area contributed by atoms with E-state index in [1.165, 1.54) is 6.26 Å². The molecule has 0 saturated heterocycles. The van der Waals surface area contributed by atoms with E-state index in [1.54, 1.807) is 24.4 Å². The third kappa shape index (κ3) is 4.41. The molecule has 0 aliphatic rings. The molecule has 1 aromatic heterocycles. The van der Waals surface area contributed by atoms with E-state index in [9.17, 15) is 8.42 Å². The molecule has 0 saturated carbocycles. The molecule has 0 atom stereocenters. The minimum atomic E-state index is -3.22. The van der Waals surface area contributed by atoms with Crippen molar-refractivity contribution in [2.24, 2.45) is 0 Å². The Morgan fingerprint density at radius 3 is 2.76 bits per heavy atom. The topological polar surface area (TPSA) is 72.2 Å². The second-order valence-electron chi connectivity index (χ2n) is 5.28. The number of aromatic nitrogens is 1. The summed E-state index contributed by atoms with van der Waals surface area (Å²) < 4.78 is 28.8. The zero-order valence-corrected chi connectivity index (χ0v) is 13.3. The number of hydrogen-bond donors (Lipinski definition) is 1. The molecule has 1 aromatic carbocycles. The first-order valence-electron chi connectivity index (χ1n) is 6.85. The highest BCUT2D eigenvalue weighted by molar-refractivity contribution is 7.90. The van der Waals surface area contributed by atoms with Crippen molar-refractivity contribution in [1.29, 1.82) is 0 Å². The zero-order valence-electron chi connectivity index (χ0n) is 12.5. The van der Waals surface area contributed by atoms with E-state index in [0.717, 1.165) is 6.54 Å². The molecular formula is C15H20N2O3S. The number of nitrogens with one attached hydrogen (secondary N) is 1. The van der Waals surface area contributed by atoms with Crippen LogP contribution in [0.4, 0.5) is 0 Å². The van der Waals surface area contributed by atoms with Gasteiger partial charge in [0.25, 0.3) is 0 Å². The fraction of sp³-hybridized carbons (Fsp3) is 0.400. The van der Waals surface area contributed by atoms with Crippen LogP contribution in [0.25, 0.3) is 11.3 Å². The van der Waals surface area contributed by atoms with Crippen LogP contribution in [0.15, 0.2) is 39.8 Å². The highest BCUT2D eigenvalue weighted by Crippen LogP contribution is 2.23. The molecule has 0 spiro atoms. The summed E-state index contributed by atoms with van der Waals surface area (Å²) in [6, 6.07) is 7.11. The van der Waals surface area contributed by atoms with Gasteiger partial charge in [-0.3, -0.25) is 0 Å². The van der Waals surface area contributed by atoms with Gasteiger partial charge in [-0.15, -0.1) is 0 Å². The molecule has 0 unspecified atom stereocenters. The van der Waals surface area contributed by atoms with Crippen molar-refractivity contribution in [2.45, 2.75) is 31.2 Å². The smallest absolute Gasteiger partial charge is 0.196 e. The Bertz CT molecular complexity index is 705. The summed E-state index contributed by atoms with van der Waals surface area (Å²) >= 11 is 0. The van der Waals surface area contributed by atoms with Crippen LogP contribution in [-0.2, 0) is 16.3 Å². The molecule has 0 aliphatic carbocycles. The SMILES string of the molecule is CC(C)NCCc1ncc(-c2cccc(S(C)(=O)=O)c2)o1. The van der Waals surface area contributed by atoms with E-state index in [2.05, 4.69) is 24.1 Å². The lowest BCUT2D eigenvalue weighted by Gasteiger charge is -2.05. The maximum Gasteiger partial charge on any atom is 0.196 e. The van der Waals surface area contributed by atoms with Crippen LogP contribution in [0.3, 0.4) is 0 Å². The number of rotatable bonds is 6. The Hall–Kier alpha value is -1.66. The molecule has 0 aliphatic heterocycles. The molecule has 2 rings (SSSR count). The predicted octanol–water partition coefficient (Wildman–Crippen LogP) is 2.29. The lowest BCUT2D eigenvalue weighted by Crippen LogP contribution is -2.24. The van der Waals surface area contributed by atoms with Crippen LogP contribution in [0, 0.1) is 0 Å². The van der Waals surface area contributed by atoms with Crippen LogP contribution in [0.5, 0.6) is 0 Å². The van der Waals surface area contributed by atoms with Crippen LogP contribution in [0.2, 0.25) is 0 Å².